The van der Waals surface area contributed by atoms with Crippen LogP contribution in [-0.4, -0.2) is 43.3 Å². The van der Waals surface area contributed by atoms with Crippen LogP contribution >= 0.6 is 0 Å². The van der Waals surface area contributed by atoms with E-state index in [1.54, 1.807) is 0 Å². The molecule has 1 N–H and O–H groups in total. The maximum absolute atomic E-state index is 16.3. The van der Waals surface area contributed by atoms with Crippen LogP contribution in [0.3, 0.4) is 0 Å². The van der Waals surface area contributed by atoms with Crippen LogP contribution in [0, 0.1) is 0 Å². The van der Waals surface area contributed by atoms with Crippen LogP contribution in [0.4, 0.5) is 52.7 Å². The first-order chi connectivity index (χ1) is 19.9. The number of alkyl halides is 12. The van der Waals surface area contributed by atoms with E-state index in [1.165, 1.54) is 68.2 Å². The fourth-order valence-corrected chi connectivity index (χ4v) is 9.35. The van der Waals surface area contributed by atoms with Crippen LogP contribution in [-0.2, 0) is 10.6 Å². The van der Waals surface area contributed by atoms with Crippen LogP contribution in [0.25, 0.3) is 21.5 Å². The average molecular weight is 655 g/mol. The van der Waals surface area contributed by atoms with Gasteiger partial charge >= 0.3 is 30.1 Å². The zero-order valence-corrected chi connectivity index (χ0v) is 23.9. The molecule has 5 rings (SSSR count). The van der Waals surface area contributed by atoms with Crippen molar-refractivity contribution < 1.29 is 57.8 Å². The number of aliphatic hydroxyl groups is 1. The molecule has 0 unspecified atom stereocenters. The number of fused-ring (bicyclic) bond motifs is 4. The van der Waals surface area contributed by atoms with E-state index < -0.39 is 71.1 Å². The smallest absolute Gasteiger partial charge is 0.374 e. The highest BCUT2D eigenvalue weighted by Crippen LogP contribution is 2.67. The number of rotatable bonds is 4. The fraction of sp³-hybridized carbons (Fsp3) is 0.333. The summed E-state index contributed by atoms with van der Waals surface area (Å²) in [5.41, 5.74) is -10.2. The minimum Gasteiger partial charge on any atom is -0.374 e. The molecule has 14 heteroatoms. The van der Waals surface area contributed by atoms with E-state index in [4.69, 9.17) is 0 Å². The molecule has 0 radical (unpaired) electrons. The van der Waals surface area contributed by atoms with E-state index in [0.29, 0.717) is 12.1 Å². The Balaban J connectivity index is 2.09. The van der Waals surface area contributed by atoms with E-state index in [0.717, 1.165) is 12.1 Å². The van der Waals surface area contributed by atoms with Gasteiger partial charge in [0, 0.05) is 0 Å². The Morgan fingerprint density at radius 1 is 0.523 bits per heavy atom. The van der Waals surface area contributed by atoms with Crippen LogP contribution in [0.1, 0.15) is 22.3 Å². The van der Waals surface area contributed by atoms with Crippen molar-refractivity contribution in [2.24, 2.45) is 0 Å². The van der Waals surface area contributed by atoms with E-state index in [2.05, 4.69) is 0 Å². The Morgan fingerprint density at radius 2 is 0.841 bits per heavy atom. The standard InChI is InChI=1S/C30H22F12OSi/c1-44(2,3)25(29(37,38)39)22-14-18-10-6-4-8-16(18)12-20(22)24(43,21-13-17-9-5-7-11-19(17)15-23(21)25)26(31,32)27(33,34)28(35,36)30(40,41)42/h4-15,43H,1-3H3. The highest BCUT2D eigenvalue weighted by molar-refractivity contribution is 6.80. The van der Waals surface area contributed by atoms with Crippen molar-refractivity contribution in [1.82, 2.24) is 0 Å². The maximum atomic E-state index is 16.3. The first-order valence-electron chi connectivity index (χ1n) is 13.0. The number of halogens is 12. The number of hydrogen-bond acceptors (Lipinski definition) is 1. The third-order valence-electron chi connectivity index (χ3n) is 8.51. The molecule has 1 nitrogen and oxygen atoms in total. The quantitative estimate of drug-likeness (QED) is 0.172. The van der Waals surface area contributed by atoms with Gasteiger partial charge in [0.15, 0.2) is 5.60 Å². The molecule has 0 heterocycles. The third kappa shape index (κ3) is 3.78. The molecule has 0 bridgehead atoms. The first-order valence-corrected chi connectivity index (χ1v) is 16.5. The molecule has 0 saturated carbocycles. The Kier molecular flexibility index (Phi) is 6.68. The summed E-state index contributed by atoms with van der Waals surface area (Å²) in [5, 5.41) is 8.28. The summed E-state index contributed by atoms with van der Waals surface area (Å²) in [6.07, 6.45) is -12.6. The Morgan fingerprint density at radius 3 is 1.11 bits per heavy atom. The summed E-state index contributed by atoms with van der Waals surface area (Å²) in [4.78, 5) is 0. The van der Waals surface area contributed by atoms with Crippen LogP contribution < -0.4 is 0 Å². The molecule has 0 atom stereocenters. The van der Waals surface area contributed by atoms with Crippen molar-refractivity contribution in [3.63, 3.8) is 0 Å². The monoisotopic (exact) mass is 654 g/mol. The molecular weight excluding hydrogens is 632 g/mol. The largest absolute Gasteiger partial charge is 0.460 e. The number of hydrogen-bond donors (Lipinski definition) is 1. The molecule has 1 aliphatic carbocycles. The van der Waals surface area contributed by atoms with E-state index in [-0.39, 0.29) is 21.5 Å². The van der Waals surface area contributed by atoms with Gasteiger partial charge in [-0.05, 0) is 68.1 Å². The lowest BCUT2D eigenvalue weighted by molar-refractivity contribution is -0.415. The summed E-state index contributed by atoms with van der Waals surface area (Å²) in [6.45, 7) is 3.65. The Hall–Kier alpha value is -3.26. The SMILES string of the molecule is C[Si](C)(C)C1(C(F)(F)F)c2cc3ccccc3cc2C(O)(C(F)(F)C(F)(F)C(F)(F)C(F)(F)F)c2cc3ccccc3cc21. The van der Waals surface area contributed by atoms with Gasteiger partial charge in [0.1, 0.15) is 5.04 Å². The molecule has 4 aromatic carbocycles. The molecule has 0 amide bonds. The minimum absolute atomic E-state index is 0.0135. The summed E-state index contributed by atoms with van der Waals surface area (Å²) in [5.74, 6) is -21.5. The van der Waals surface area contributed by atoms with Crippen LogP contribution in [0.2, 0.25) is 19.6 Å². The highest BCUT2D eigenvalue weighted by Gasteiger charge is 2.87. The fourth-order valence-electron chi connectivity index (χ4n) is 6.47. The predicted octanol–water partition coefficient (Wildman–Crippen LogP) is 9.74. The second kappa shape index (κ2) is 9.15. The third-order valence-corrected chi connectivity index (χ3v) is 11.6. The molecular formula is C30H22F12OSi. The van der Waals surface area contributed by atoms with Gasteiger partial charge in [0.2, 0.25) is 0 Å². The zero-order valence-electron chi connectivity index (χ0n) is 22.9. The summed E-state index contributed by atoms with van der Waals surface area (Å²) in [7, 11) is -3.95. The van der Waals surface area contributed by atoms with Crippen LogP contribution in [0.15, 0.2) is 72.8 Å². The summed E-state index contributed by atoms with van der Waals surface area (Å²) >= 11 is 0. The molecule has 236 valence electrons. The van der Waals surface area contributed by atoms with Crippen molar-refractivity contribution in [3.05, 3.63) is 95.1 Å². The summed E-state index contributed by atoms with van der Waals surface area (Å²) in [6, 6.07) is 12.8. The van der Waals surface area contributed by atoms with Crippen molar-refractivity contribution in [2.75, 3.05) is 0 Å². The molecule has 0 aliphatic heterocycles. The first kappa shape index (κ1) is 32.1. The van der Waals surface area contributed by atoms with Gasteiger partial charge in [-0.25, -0.2) is 0 Å². The maximum Gasteiger partial charge on any atom is 0.460 e. The number of benzene rings is 4. The lowest BCUT2D eigenvalue weighted by atomic mass is 9.64. The van der Waals surface area contributed by atoms with Crippen molar-refractivity contribution in [2.45, 2.75) is 60.4 Å². The van der Waals surface area contributed by atoms with E-state index >= 15 is 30.7 Å². The highest BCUT2D eigenvalue weighted by atomic mass is 28.3. The Labute approximate surface area is 243 Å². The molecule has 0 spiro atoms. The summed E-state index contributed by atoms with van der Waals surface area (Å²) < 4.78 is 178. The molecule has 0 fully saturated rings. The van der Waals surface area contributed by atoms with Gasteiger partial charge in [-0.1, -0.05) is 68.2 Å². The van der Waals surface area contributed by atoms with Crippen molar-refractivity contribution in [1.29, 1.82) is 0 Å². The van der Waals surface area contributed by atoms with Crippen molar-refractivity contribution in [3.8, 4) is 0 Å². The second-order valence-electron chi connectivity index (χ2n) is 11.9. The van der Waals surface area contributed by atoms with E-state index in [9.17, 15) is 27.1 Å². The molecule has 4 aromatic rings. The second-order valence-corrected chi connectivity index (χ2v) is 17.2. The lowest BCUT2D eigenvalue weighted by Crippen LogP contribution is -2.71. The molecule has 0 aromatic heterocycles. The average Bonchev–Trinajstić information content (AvgIpc) is 2.89. The van der Waals surface area contributed by atoms with Crippen molar-refractivity contribution >= 4 is 29.6 Å². The van der Waals surface area contributed by atoms with Gasteiger partial charge in [0.05, 0.1) is 8.07 Å². The predicted molar refractivity (Wildman–Crippen MR) is 142 cm³/mol. The van der Waals surface area contributed by atoms with E-state index in [1.807, 2.05) is 0 Å². The van der Waals surface area contributed by atoms with Gasteiger partial charge in [0.25, 0.3) is 0 Å². The zero-order chi connectivity index (χ0) is 33.1. The molecule has 44 heavy (non-hydrogen) atoms. The van der Waals surface area contributed by atoms with Gasteiger partial charge in [-0.15, -0.1) is 0 Å². The normalized spacial score (nSPS) is 21.8. The molecule has 0 saturated heterocycles. The van der Waals surface area contributed by atoms with Gasteiger partial charge in [-0.2, -0.15) is 52.7 Å². The van der Waals surface area contributed by atoms with Gasteiger partial charge < -0.3 is 5.11 Å². The lowest BCUT2D eigenvalue weighted by Gasteiger charge is -2.55. The topological polar surface area (TPSA) is 20.2 Å². The van der Waals surface area contributed by atoms with Gasteiger partial charge in [-0.3, -0.25) is 0 Å². The molecule has 1 aliphatic rings. The van der Waals surface area contributed by atoms with Crippen LogP contribution in [0.5, 0.6) is 0 Å². The Bertz CT molecular complexity index is 1680. The minimum atomic E-state index is -7.41.